The number of halogens is 1. The molecule has 0 aliphatic carbocycles. The first-order valence-corrected chi connectivity index (χ1v) is 7.00. The molecule has 1 aliphatic rings. The average Bonchev–Trinajstić information content (AvgIpc) is 2.39. The van der Waals surface area contributed by atoms with Crippen molar-refractivity contribution < 1.29 is 14.3 Å². The lowest BCUT2D eigenvalue weighted by Gasteiger charge is -2.32. The number of carbonyl (C=O) groups is 1. The van der Waals surface area contributed by atoms with E-state index in [0.717, 1.165) is 5.75 Å². The second kappa shape index (κ2) is 6.04. The first-order valence-electron chi connectivity index (χ1n) is 5.85. The van der Waals surface area contributed by atoms with Gasteiger partial charge in [-0.25, -0.2) is 4.39 Å². The van der Waals surface area contributed by atoms with Gasteiger partial charge in [-0.15, -0.1) is 0 Å². The van der Waals surface area contributed by atoms with Gasteiger partial charge in [0, 0.05) is 24.6 Å². The smallest absolute Gasteiger partial charge is 0.321 e. The van der Waals surface area contributed by atoms with Crippen molar-refractivity contribution in [3.05, 3.63) is 35.1 Å². The van der Waals surface area contributed by atoms with E-state index >= 15 is 0 Å². The molecule has 4 nitrogen and oxygen atoms in total. The molecule has 19 heavy (non-hydrogen) atoms. The van der Waals surface area contributed by atoms with Crippen LogP contribution in [-0.2, 0) is 11.3 Å². The monoisotopic (exact) mass is 280 g/mol. The first-order chi connectivity index (χ1) is 9.11. The molecular formula is C13H13FN2O2S. The van der Waals surface area contributed by atoms with Gasteiger partial charge in [-0.05, 0) is 23.8 Å². The number of carboxylic acid groups (broad SMARTS) is 1. The summed E-state index contributed by atoms with van der Waals surface area (Å²) in [5.41, 5.74) is 0.935. The number of rotatable bonds is 3. The molecule has 0 bridgehead atoms. The Morgan fingerprint density at radius 3 is 3.11 bits per heavy atom. The fourth-order valence-corrected chi connectivity index (χ4v) is 3.18. The molecule has 0 amide bonds. The van der Waals surface area contributed by atoms with Gasteiger partial charge < -0.3 is 5.11 Å². The molecule has 1 unspecified atom stereocenters. The molecular weight excluding hydrogens is 267 g/mol. The van der Waals surface area contributed by atoms with E-state index in [4.69, 9.17) is 5.26 Å². The van der Waals surface area contributed by atoms with Crippen LogP contribution in [0.15, 0.2) is 18.2 Å². The minimum absolute atomic E-state index is 0.290. The molecule has 1 atom stereocenters. The Morgan fingerprint density at radius 1 is 1.63 bits per heavy atom. The highest BCUT2D eigenvalue weighted by molar-refractivity contribution is 7.99. The molecule has 1 fully saturated rings. The van der Waals surface area contributed by atoms with Crippen LogP contribution in [0.1, 0.15) is 11.1 Å². The van der Waals surface area contributed by atoms with Crippen LogP contribution in [-0.4, -0.2) is 40.1 Å². The maximum absolute atomic E-state index is 13.2. The average molecular weight is 280 g/mol. The Bertz CT molecular complexity index is 530. The predicted octanol–water partition coefficient (Wildman–Crippen LogP) is 1.70. The topological polar surface area (TPSA) is 64.3 Å². The van der Waals surface area contributed by atoms with Crippen LogP contribution in [0.5, 0.6) is 0 Å². The fourth-order valence-electron chi connectivity index (χ4n) is 2.08. The summed E-state index contributed by atoms with van der Waals surface area (Å²) in [4.78, 5) is 13.0. The van der Waals surface area contributed by atoms with Crippen LogP contribution in [0.2, 0.25) is 0 Å². The molecule has 0 aromatic heterocycles. The summed E-state index contributed by atoms with van der Waals surface area (Å²) in [6.07, 6.45) is 0. The molecule has 1 N–H and O–H groups in total. The normalized spacial score (nSPS) is 19.9. The van der Waals surface area contributed by atoms with Crippen LogP contribution in [0.25, 0.3) is 0 Å². The number of aliphatic carboxylic acids is 1. The van der Waals surface area contributed by atoms with Gasteiger partial charge in [-0.1, -0.05) is 0 Å². The highest BCUT2D eigenvalue weighted by atomic mass is 32.2. The zero-order chi connectivity index (χ0) is 13.8. The van der Waals surface area contributed by atoms with Gasteiger partial charge in [0.1, 0.15) is 11.9 Å². The number of hydrogen-bond acceptors (Lipinski definition) is 4. The minimum Gasteiger partial charge on any atom is -0.480 e. The van der Waals surface area contributed by atoms with Crippen LogP contribution < -0.4 is 0 Å². The highest BCUT2D eigenvalue weighted by Gasteiger charge is 2.29. The van der Waals surface area contributed by atoms with E-state index in [1.54, 1.807) is 16.7 Å². The molecule has 6 heteroatoms. The Morgan fingerprint density at radius 2 is 2.42 bits per heavy atom. The van der Waals surface area contributed by atoms with Crippen molar-refractivity contribution in [2.24, 2.45) is 0 Å². The summed E-state index contributed by atoms with van der Waals surface area (Å²) in [5, 5.41) is 18.2. The SMILES string of the molecule is N#Cc1ccc(F)cc1CN1CCSCC1C(=O)O. The Labute approximate surface area is 114 Å². The van der Waals surface area contributed by atoms with Crippen LogP contribution in [0, 0.1) is 17.1 Å². The lowest BCUT2D eigenvalue weighted by Crippen LogP contribution is -2.46. The fraction of sp³-hybridized carbons (Fsp3) is 0.385. The first kappa shape index (κ1) is 13.8. The molecule has 0 saturated carbocycles. The minimum atomic E-state index is -0.873. The van der Waals surface area contributed by atoms with Crippen molar-refractivity contribution in [2.75, 3.05) is 18.1 Å². The van der Waals surface area contributed by atoms with Gasteiger partial charge in [0.25, 0.3) is 0 Å². The second-order valence-corrected chi connectivity index (χ2v) is 5.46. The van der Waals surface area contributed by atoms with Gasteiger partial charge in [0.05, 0.1) is 11.6 Å². The Kier molecular flexibility index (Phi) is 4.40. The number of nitrogens with zero attached hydrogens (tertiary/aromatic N) is 2. The van der Waals surface area contributed by atoms with Crippen molar-refractivity contribution in [3.8, 4) is 6.07 Å². The van der Waals surface area contributed by atoms with Crippen molar-refractivity contribution in [1.29, 1.82) is 5.26 Å². The van der Waals surface area contributed by atoms with E-state index in [-0.39, 0.29) is 6.54 Å². The summed E-state index contributed by atoms with van der Waals surface area (Å²) < 4.78 is 13.2. The molecule has 1 saturated heterocycles. The van der Waals surface area contributed by atoms with Gasteiger partial charge in [-0.2, -0.15) is 17.0 Å². The molecule has 100 valence electrons. The third-order valence-electron chi connectivity index (χ3n) is 3.09. The molecule has 0 spiro atoms. The largest absolute Gasteiger partial charge is 0.480 e. The lowest BCUT2D eigenvalue weighted by molar-refractivity contribution is -0.142. The van der Waals surface area contributed by atoms with E-state index < -0.39 is 17.8 Å². The Balaban J connectivity index is 2.22. The molecule has 1 heterocycles. The Hall–Kier alpha value is -1.58. The summed E-state index contributed by atoms with van der Waals surface area (Å²) >= 11 is 1.60. The van der Waals surface area contributed by atoms with Crippen molar-refractivity contribution >= 4 is 17.7 Å². The number of carboxylic acids is 1. The van der Waals surface area contributed by atoms with E-state index in [2.05, 4.69) is 0 Å². The number of nitriles is 1. The molecule has 1 aromatic carbocycles. The maximum Gasteiger partial charge on any atom is 0.321 e. The van der Waals surface area contributed by atoms with Crippen LogP contribution >= 0.6 is 11.8 Å². The summed E-state index contributed by atoms with van der Waals surface area (Å²) in [7, 11) is 0. The third kappa shape index (κ3) is 3.25. The van der Waals surface area contributed by atoms with Crippen LogP contribution in [0.3, 0.4) is 0 Å². The third-order valence-corrected chi connectivity index (χ3v) is 4.11. The quantitative estimate of drug-likeness (QED) is 0.913. The number of thioether (sulfide) groups is 1. The van der Waals surface area contributed by atoms with Gasteiger partial charge in [-0.3, -0.25) is 9.69 Å². The van der Waals surface area contributed by atoms with Crippen molar-refractivity contribution in [3.63, 3.8) is 0 Å². The van der Waals surface area contributed by atoms with Gasteiger partial charge in [0.15, 0.2) is 0 Å². The number of hydrogen-bond donors (Lipinski definition) is 1. The zero-order valence-corrected chi connectivity index (χ0v) is 11.0. The summed E-state index contributed by atoms with van der Waals surface area (Å²) in [6.45, 7) is 0.918. The number of benzene rings is 1. The highest BCUT2D eigenvalue weighted by Crippen LogP contribution is 2.21. The summed E-state index contributed by atoms with van der Waals surface area (Å²) in [6, 6.07) is 5.41. The second-order valence-electron chi connectivity index (χ2n) is 4.31. The molecule has 1 aromatic rings. The van der Waals surface area contributed by atoms with Crippen molar-refractivity contribution in [2.45, 2.75) is 12.6 Å². The van der Waals surface area contributed by atoms with E-state index in [1.807, 2.05) is 6.07 Å². The van der Waals surface area contributed by atoms with E-state index in [9.17, 15) is 14.3 Å². The molecule has 1 aliphatic heterocycles. The summed E-state index contributed by atoms with van der Waals surface area (Å²) in [5.74, 6) is 0.0856. The van der Waals surface area contributed by atoms with E-state index in [0.29, 0.717) is 23.4 Å². The van der Waals surface area contributed by atoms with Crippen LogP contribution in [0.4, 0.5) is 4.39 Å². The van der Waals surface area contributed by atoms with E-state index in [1.165, 1.54) is 18.2 Å². The van der Waals surface area contributed by atoms with Gasteiger partial charge >= 0.3 is 5.97 Å². The van der Waals surface area contributed by atoms with Crippen molar-refractivity contribution in [1.82, 2.24) is 4.90 Å². The zero-order valence-electron chi connectivity index (χ0n) is 10.2. The molecule has 2 rings (SSSR count). The lowest BCUT2D eigenvalue weighted by atomic mass is 10.1. The van der Waals surface area contributed by atoms with Gasteiger partial charge in [0.2, 0.25) is 0 Å². The standard InChI is InChI=1S/C13H13FN2O2S/c14-11-2-1-9(6-15)10(5-11)7-16-3-4-19-8-12(16)13(17)18/h1-2,5,12H,3-4,7-8H2,(H,17,18). The maximum atomic E-state index is 13.2. The predicted molar refractivity (Wildman–Crippen MR) is 70.3 cm³/mol. The molecule has 0 radical (unpaired) electrons.